The molecule has 0 aliphatic carbocycles. The van der Waals surface area contributed by atoms with E-state index in [9.17, 15) is 13.7 Å². The molecule has 0 atom stereocenters. The van der Waals surface area contributed by atoms with E-state index >= 15 is 0 Å². The molecule has 0 radical (unpaired) electrons. The fourth-order valence-corrected chi connectivity index (χ4v) is 3.04. The van der Waals surface area contributed by atoms with Crippen LogP contribution in [-0.2, 0) is 11.4 Å². The van der Waals surface area contributed by atoms with Gasteiger partial charge < -0.3 is 9.73 Å². The molecular weight excluding hydrogens is 469 g/mol. The predicted octanol–water partition coefficient (Wildman–Crippen LogP) is 5.53. The SMILES string of the molecule is Cc1cc(I)ccc1Nc1c(F)cccc1C(=O)N(F)OCc1ccoc1. The topological polar surface area (TPSA) is 54.7 Å². The van der Waals surface area contributed by atoms with Crippen molar-refractivity contribution in [2.75, 3.05) is 5.32 Å². The van der Waals surface area contributed by atoms with Crippen molar-refractivity contribution in [2.45, 2.75) is 13.5 Å². The largest absolute Gasteiger partial charge is 0.472 e. The van der Waals surface area contributed by atoms with Crippen molar-refractivity contribution in [3.63, 3.8) is 0 Å². The van der Waals surface area contributed by atoms with Crippen molar-refractivity contribution in [2.24, 2.45) is 0 Å². The third-order valence-electron chi connectivity index (χ3n) is 3.78. The third kappa shape index (κ3) is 4.64. The first-order chi connectivity index (χ1) is 13.0. The molecule has 2 aromatic carbocycles. The first kappa shape index (κ1) is 19.3. The van der Waals surface area contributed by atoms with Crippen LogP contribution in [0.2, 0.25) is 0 Å². The molecule has 0 aliphatic heterocycles. The minimum absolute atomic E-state index is 0.124. The maximum Gasteiger partial charge on any atom is 0.311 e. The summed E-state index contributed by atoms with van der Waals surface area (Å²) in [5, 5.41) is 2.47. The molecule has 5 nitrogen and oxygen atoms in total. The Morgan fingerprint density at radius 1 is 1.30 bits per heavy atom. The number of hydroxylamine groups is 1. The smallest absolute Gasteiger partial charge is 0.311 e. The van der Waals surface area contributed by atoms with Crippen LogP contribution < -0.4 is 5.32 Å². The Morgan fingerprint density at radius 3 is 2.81 bits per heavy atom. The molecule has 0 unspecified atom stereocenters. The van der Waals surface area contributed by atoms with Gasteiger partial charge in [0.25, 0.3) is 0 Å². The molecule has 0 aliphatic rings. The first-order valence-electron chi connectivity index (χ1n) is 7.91. The minimum atomic E-state index is -1.12. The van der Waals surface area contributed by atoms with E-state index in [4.69, 9.17) is 9.25 Å². The molecule has 0 saturated carbocycles. The quantitative estimate of drug-likeness (QED) is 0.284. The summed E-state index contributed by atoms with van der Waals surface area (Å²) in [7, 11) is 0. The number of rotatable bonds is 6. The van der Waals surface area contributed by atoms with Crippen LogP contribution in [0, 0.1) is 16.3 Å². The lowest BCUT2D eigenvalue weighted by Crippen LogP contribution is -2.24. The molecule has 0 fully saturated rings. The minimum Gasteiger partial charge on any atom is -0.472 e. The van der Waals surface area contributed by atoms with Crippen molar-refractivity contribution < 1.29 is 22.9 Å². The molecule has 1 aromatic heterocycles. The van der Waals surface area contributed by atoms with Crippen molar-refractivity contribution >= 4 is 39.9 Å². The molecule has 0 saturated heterocycles. The van der Waals surface area contributed by atoms with Crippen molar-refractivity contribution in [1.29, 1.82) is 0 Å². The number of halogens is 3. The zero-order valence-corrected chi connectivity index (χ0v) is 16.4. The molecule has 27 heavy (non-hydrogen) atoms. The number of para-hydroxylation sites is 1. The Bertz CT molecular complexity index is 948. The normalized spacial score (nSPS) is 10.7. The van der Waals surface area contributed by atoms with E-state index in [1.165, 1.54) is 30.7 Å². The Hall–Kier alpha value is -2.46. The van der Waals surface area contributed by atoms with E-state index < -0.39 is 17.0 Å². The highest BCUT2D eigenvalue weighted by atomic mass is 127. The Balaban J connectivity index is 1.82. The van der Waals surface area contributed by atoms with Crippen LogP contribution >= 0.6 is 22.6 Å². The molecule has 3 rings (SSSR count). The number of benzene rings is 2. The fourth-order valence-electron chi connectivity index (χ4n) is 2.39. The Labute approximate surface area is 168 Å². The van der Waals surface area contributed by atoms with Gasteiger partial charge in [-0.05, 0) is 76.8 Å². The number of amides is 1. The number of hydrogen-bond donors (Lipinski definition) is 1. The van der Waals surface area contributed by atoms with E-state index in [2.05, 4.69) is 27.9 Å². The van der Waals surface area contributed by atoms with Crippen molar-refractivity contribution in [1.82, 2.24) is 5.29 Å². The van der Waals surface area contributed by atoms with Gasteiger partial charge >= 0.3 is 5.91 Å². The van der Waals surface area contributed by atoms with Crippen LogP contribution in [-0.4, -0.2) is 11.2 Å². The number of carbonyl (C=O) groups excluding carboxylic acids is 1. The summed E-state index contributed by atoms with van der Waals surface area (Å²) in [6.45, 7) is 1.65. The summed E-state index contributed by atoms with van der Waals surface area (Å²) in [6.07, 6.45) is 2.77. The number of nitrogens with one attached hydrogen (secondary N) is 1. The second kappa shape index (κ2) is 8.49. The van der Waals surface area contributed by atoms with Crippen LogP contribution in [0.25, 0.3) is 0 Å². The summed E-state index contributed by atoms with van der Waals surface area (Å²) in [5.74, 6) is -1.80. The van der Waals surface area contributed by atoms with Crippen LogP contribution in [0.5, 0.6) is 0 Å². The first-order valence-corrected chi connectivity index (χ1v) is 8.99. The second-order valence-corrected chi connectivity index (χ2v) is 6.95. The molecule has 0 spiro atoms. The zero-order chi connectivity index (χ0) is 19.4. The van der Waals surface area contributed by atoms with Gasteiger partial charge in [0, 0.05) is 14.8 Å². The fraction of sp³-hybridized carbons (Fsp3) is 0.105. The number of aryl methyl sites for hydroxylation is 1. The summed E-state index contributed by atoms with van der Waals surface area (Å²) in [6, 6.07) is 10.9. The van der Waals surface area contributed by atoms with Crippen molar-refractivity contribution in [3.05, 3.63) is 81.1 Å². The maximum absolute atomic E-state index is 14.4. The lowest BCUT2D eigenvalue weighted by atomic mass is 10.1. The Kier molecular flexibility index (Phi) is 6.07. The van der Waals surface area contributed by atoms with Gasteiger partial charge in [-0.15, -0.1) is 0 Å². The molecule has 1 N–H and O–H groups in total. The van der Waals surface area contributed by atoms with Crippen LogP contribution in [0.15, 0.2) is 59.4 Å². The highest BCUT2D eigenvalue weighted by Gasteiger charge is 2.23. The van der Waals surface area contributed by atoms with Crippen LogP contribution in [0.4, 0.5) is 20.2 Å². The Morgan fingerprint density at radius 2 is 2.11 bits per heavy atom. The number of hydrogen-bond acceptors (Lipinski definition) is 4. The van der Waals surface area contributed by atoms with Gasteiger partial charge in [-0.2, -0.15) is 0 Å². The molecule has 140 valence electrons. The van der Waals surface area contributed by atoms with Gasteiger partial charge in [0.2, 0.25) is 0 Å². The highest BCUT2D eigenvalue weighted by Crippen LogP contribution is 2.28. The van der Waals surface area contributed by atoms with Crippen molar-refractivity contribution in [3.8, 4) is 0 Å². The standard InChI is InChI=1S/C19H15F2IN2O3/c1-12-9-14(22)5-6-17(12)23-18-15(3-2-4-16(18)20)19(25)24(21)27-11-13-7-8-26-10-13/h2-10,23H,11H2,1H3. The maximum atomic E-state index is 14.4. The van der Waals surface area contributed by atoms with Gasteiger partial charge in [-0.3, -0.25) is 4.79 Å². The van der Waals surface area contributed by atoms with E-state index in [0.29, 0.717) is 11.3 Å². The summed E-state index contributed by atoms with van der Waals surface area (Å²) >= 11 is 2.16. The predicted molar refractivity (Wildman–Crippen MR) is 104 cm³/mol. The molecule has 8 heteroatoms. The van der Waals surface area contributed by atoms with Gasteiger partial charge in [-0.25, -0.2) is 9.23 Å². The lowest BCUT2D eigenvalue weighted by Gasteiger charge is -2.16. The monoisotopic (exact) mass is 484 g/mol. The average Bonchev–Trinajstić information content (AvgIpc) is 3.16. The van der Waals surface area contributed by atoms with Gasteiger partial charge in [-0.1, -0.05) is 10.5 Å². The lowest BCUT2D eigenvalue weighted by molar-refractivity contribution is -0.244. The molecular formula is C19H15F2IN2O3. The highest BCUT2D eigenvalue weighted by molar-refractivity contribution is 14.1. The summed E-state index contributed by atoms with van der Waals surface area (Å²) < 4.78 is 34.4. The third-order valence-corrected chi connectivity index (χ3v) is 4.45. The van der Waals surface area contributed by atoms with E-state index in [-0.39, 0.29) is 17.9 Å². The van der Waals surface area contributed by atoms with Gasteiger partial charge in [0.1, 0.15) is 12.4 Å². The van der Waals surface area contributed by atoms with Crippen LogP contribution in [0.3, 0.4) is 0 Å². The second-order valence-electron chi connectivity index (χ2n) is 5.70. The zero-order valence-electron chi connectivity index (χ0n) is 14.2. The number of anilines is 2. The molecule has 1 amide bonds. The van der Waals surface area contributed by atoms with E-state index in [0.717, 1.165) is 9.13 Å². The average molecular weight is 484 g/mol. The number of nitrogens with zero attached hydrogens (tertiary/aromatic N) is 1. The van der Waals surface area contributed by atoms with E-state index in [1.54, 1.807) is 12.1 Å². The van der Waals surface area contributed by atoms with E-state index in [1.807, 2.05) is 19.1 Å². The number of carbonyl (C=O) groups is 1. The molecule has 1 heterocycles. The summed E-state index contributed by atoms with van der Waals surface area (Å²) in [4.78, 5) is 17.2. The number of furan rings is 1. The summed E-state index contributed by atoms with van der Waals surface area (Å²) in [5.41, 5.74) is 1.71. The molecule has 0 bridgehead atoms. The van der Waals surface area contributed by atoms with Gasteiger partial charge in [0.05, 0.1) is 23.8 Å². The van der Waals surface area contributed by atoms with Gasteiger partial charge in [0.15, 0.2) is 0 Å². The van der Waals surface area contributed by atoms with Crippen LogP contribution in [0.1, 0.15) is 21.5 Å². The molecule has 3 aromatic rings.